The Hall–Kier alpha value is -1.01. The van der Waals surface area contributed by atoms with Crippen LogP contribution in [0.1, 0.15) is 30.0 Å². The van der Waals surface area contributed by atoms with Crippen LogP contribution in [0.15, 0.2) is 22.9 Å². The highest BCUT2D eigenvalue weighted by atomic mass is 79.9. The van der Waals surface area contributed by atoms with E-state index in [1.165, 1.54) is 22.9 Å². The molecule has 0 radical (unpaired) electrons. The Labute approximate surface area is 115 Å². The number of fused-ring (bicyclic) bond motifs is 1. The van der Waals surface area contributed by atoms with Crippen LogP contribution in [-0.2, 0) is 0 Å². The molecule has 1 aromatic heterocycles. The second-order valence-electron chi connectivity index (χ2n) is 4.07. The molecule has 7 heteroatoms. The van der Waals surface area contributed by atoms with E-state index in [9.17, 15) is 8.78 Å². The summed E-state index contributed by atoms with van der Waals surface area (Å²) in [6.07, 6.45) is -1.12. The average molecular weight is 335 g/mol. The lowest BCUT2D eigenvalue weighted by Gasteiger charge is -2.12. The first kappa shape index (κ1) is 12.0. The molecule has 0 fully saturated rings. The van der Waals surface area contributed by atoms with Crippen LogP contribution in [0.25, 0.3) is 0 Å². The number of aromatic nitrogens is 3. The maximum Gasteiger partial charge on any atom is 0.217 e. The fourth-order valence-corrected chi connectivity index (χ4v) is 2.71. The maximum absolute atomic E-state index is 13.8. The lowest BCUT2D eigenvalue weighted by atomic mass is 10.0. The van der Waals surface area contributed by atoms with Crippen molar-refractivity contribution < 1.29 is 8.78 Å². The van der Waals surface area contributed by atoms with E-state index in [1.54, 1.807) is 0 Å². The number of alkyl halides is 1. The summed E-state index contributed by atoms with van der Waals surface area (Å²) in [5.41, 5.74) is 0.335. The molecule has 0 N–H and O–H groups in total. The van der Waals surface area contributed by atoms with Gasteiger partial charge >= 0.3 is 0 Å². The summed E-state index contributed by atoms with van der Waals surface area (Å²) in [6, 6.07) is 3.72. The first-order chi connectivity index (χ1) is 8.56. The van der Waals surface area contributed by atoms with Crippen LogP contribution in [-0.4, -0.2) is 14.8 Å². The molecule has 0 amide bonds. The highest BCUT2D eigenvalue weighted by Crippen LogP contribution is 2.41. The molecule has 94 valence electrons. The van der Waals surface area contributed by atoms with Gasteiger partial charge in [-0.15, -0.1) is 5.10 Å². The molecule has 3 rings (SSSR count). The van der Waals surface area contributed by atoms with Crippen molar-refractivity contribution >= 4 is 27.5 Å². The van der Waals surface area contributed by atoms with Crippen molar-refractivity contribution in [3.63, 3.8) is 0 Å². The van der Waals surface area contributed by atoms with E-state index < -0.39 is 18.0 Å². The van der Waals surface area contributed by atoms with Gasteiger partial charge in [-0.05, 0) is 34.1 Å². The third kappa shape index (κ3) is 1.83. The van der Waals surface area contributed by atoms with Gasteiger partial charge in [0.2, 0.25) is 4.73 Å². The van der Waals surface area contributed by atoms with Crippen LogP contribution >= 0.6 is 27.5 Å². The molecule has 0 saturated heterocycles. The van der Waals surface area contributed by atoms with E-state index in [-0.39, 0.29) is 12.2 Å². The van der Waals surface area contributed by atoms with Gasteiger partial charge in [0, 0.05) is 17.0 Å². The smallest absolute Gasteiger partial charge is 0.217 e. The zero-order valence-corrected chi connectivity index (χ0v) is 11.3. The molecule has 0 saturated carbocycles. The fourth-order valence-electron chi connectivity index (χ4n) is 2.18. The Balaban J connectivity index is 2.11. The van der Waals surface area contributed by atoms with Crippen molar-refractivity contribution in [1.82, 2.24) is 14.8 Å². The molecule has 2 heterocycles. The molecule has 2 aromatic rings. The molecule has 0 bridgehead atoms. The summed E-state index contributed by atoms with van der Waals surface area (Å²) >= 11 is 8.94. The van der Waals surface area contributed by atoms with Gasteiger partial charge in [0.15, 0.2) is 12.0 Å². The molecule has 1 aromatic carbocycles. The number of halogens is 4. The van der Waals surface area contributed by atoms with E-state index in [4.69, 9.17) is 11.6 Å². The third-order valence-electron chi connectivity index (χ3n) is 2.95. The van der Waals surface area contributed by atoms with Gasteiger partial charge in [-0.1, -0.05) is 11.6 Å². The van der Waals surface area contributed by atoms with Crippen LogP contribution in [0.2, 0.25) is 5.02 Å². The van der Waals surface area contributed by atoms with Gasteiger partial charge in [-0.2, -0.15) is 0 Å². The number of hydrogen-bond donors (Lipinski definition) is 0. The molecule has 1 aliphatic heterocycles. The van der Waals surface area contributed by atoms with E-state index >= 15 is 0 Å². The first-order valence-electron chi connectivity index (χ1n) is 5.27. The van der Waals surface area contributed by atoms with Crippen molar-refractivity contribution in [3.05, 3.63) is 45.2 Å². The number of benzene rings is 1. The Morgan fingerprint density at radius 1 is 1.44 bits per heavy atom. The van der Waals surface area contributed by atoms with Crippen molar-refractivity contribution in [2.45, 2.75) is 18.6 Å². The monoisotopic (exact) mass is 333 g/mol. The summed E-state index contributed by atoms with van der Waals surface area (Å²) in [5.74, 6) is -0.206. The standard InChI is InChI=1S/C11H7BrClF2N3/c12-11-16-10-8(15)4-9(18(10)17-11)6-3-5(13)1-2-7(6)14/h1-3,8-9H,4H2/t8-,9-/m0/s1. The molecule has 18 heavy (non-hydrogen) atoms. The second kappa shape index (κ2) is 4.28. The van der Waals surface area contributed by atoms with E-state index in [1.807, 2.05) is 0 Å². The molecular weight excluding hydrogens is 327 g/mol. The number of hydrogen-bond acceptors (Lipinski definition) is 2. The van der Waals surface area contributed by atoms with Gasteiger partial charge in [0.25, 0.3) is 0 Å². The van der Waals surface area contributed by atoms with Gasteiger partial charge in [0.1, 0.15) is 5.82 Å². The Morgan fingerprint density at radius 2 is 2.22 bits per heavy atom. The van der Waals surface area contributed by atoms with Crippen molar-refractivity contribution in [2.75, 3.05) is 0 Å². The number of nitrogens with zero attached hydrogens (tertiary/aromatic N) is 3. The van der Waals surface area contributed by atoms with Gasteiger partial charge in [-0.3, -0.25) is 0 Å². The Kier molecular flexibility index (Phi) is 2.86. The largest absolute Gasteiger partial charge is 0.239 e. The lowest BCUT2D eigenvalue weighted by molar-refractivity contribution is 0.326. The highest BCUT2D eigenvalue weighted by molar-refractivity contribution is 9.10. The quantitative estimate of drug-likeness (QED) is 0.793. The molecule has 0 spiro atoms. The molecular formula is C11H7BrClF2N3. The second-order valence-corrected chi connectivity index (χ2v) is 5.21. The molecule has 0 unspecified atom stereocenters. The van der Waals surface area contributed by atoms with Crippen molar-refractivity contribution in [3.8, 4) is 0 Å². The third-order valence-corrected chi connectivity index (χ3v) is 3.53. The predicted molar refractivity (Wildman–Crippen MR) is 65.7 cm³/mol. The number of rotatable bonds is 1. The van der Waals surface area contributed by atoms with Crippen molar-refractivity contribution in [1.29, 1.82) is 0 Å². The van der Waals surface area contributed by atoms with E-state index in [2.05, 4.69) is 26.0 Å². The van der Waals surface area contributed by atoms with Crippen LogP contribution < -0.4 is 0 Å². The minimum Gasteiger partial charge on any atom is -0.239 e. The zero-order valence-electron chi connectivity index (χ0n) is 8.95. The van der Waals surface area contributed by atoms with Gasteiger partial charge in [-0.25, -0.2) is 18.4 Å². The summed E-state index contributed by atoms with van der Waals surface area (Å²) in [4.78, 5) is 3.94. The topological polar surface area (TPSA) is 30.7 Å². The zero-order chi connectivity index (χ0) is 12.9. The highest BCUT2D eigenvalue weighted by Gasteiger charge is 2.36. The first-order valence-corrected chi connectivity index (χ1v) is 6.44. The predicted octanol–water partition coefficient (Wildman–Crippen LogP) is 3.84. The van der Waals surface area contributed by atoms with E-state index in [0.29, 0.717) is 15.3 Å². The normalized spacial score (nSPS) is 22.2. The summed E-state index contributed by atoms with van der Waals surface area (Å²) < 4.78 is 29.3. The van der Waals surface area contributed by atoms with Gasteiger partial charge < -0.3 is 0 Å². The SMILES string of the molecule is Fc1ccc(Cl)cc1[C@@H]1C[C@H](F)c2nc(Br)nn21. The summed E-state index contributed by atoms with van der Waals surface area (Å²) in [5, 5.41) is 4.45. The van der Waals surface area contributed by atoms with Gasteiger partial charge in [0.05, 0.1) is 6.04 Å². The maximum atomic E-state index is 13.8. The van der Waals surface area contributed by atoms with Crippen LogP contribution in [0.3, 0.4) is 0 Å². The molecule has 1 aliphatic rings. The summed E-state index contributed by atoms with van der Waals surface area (Å²) in [7, 11) is 0. The summed E-state index contributed by atoms with van der Waals surface area (Å²) in [6.45, 7) is 0. The van der Waals surface area contributed by atoms with Crippen LogP contribution in [0.5, 0.6) is 0 Å². The van der Waals surface area contributed by atoms with Crippen molar-refractivity contribution in [2.24, 2.45) is 0 Å². The average Bonchev–Trinajstić information content (AvgIpc) is 2.82. The van der Waals surface area contributed by atoms with Crippen LogP contribution in [0.4, 0.5) is 8.78 Å². The fraction of sp³-hybridized carbons (Fsp3) is 0.273. The van der Waals surface area contributed by atoms with Crippen LogP contribution in [0, 0.1) is 5.82 Å². The molecule has 3 nitrogen and oxygen atoms in total. The molecule has 0 aliphatic carbocycles. The van der Waals surface area contributed by atoms with E-state index in [0.717, 1.165) is 0 Å². The minimum atomic E-state index is -1.24. The Bertz CT molecular complexity index is 616. The Morgan fingerprint density at radius 3 is 3.00 bits per heavy atom. The molecule has 2 atom stereocenters. The lowest BCUT2D eigenvalue weighted by Crippen LogP contribution is -2.09. The minimum absolute atomic E-state index is 0.125.